The molecule has 1 saturated carbocycles. The van der Waals surface area contributed by atoms with Gasteiger partial charge in [-0.15, -0.1) is 0 Å². The number of carboxylic acid groups (broad SMARTS) is 1. The molecule has 6 heteroatoms. The van der Waals surface area contributed by atoms with Crippen LogP contribution in [0.25, 0.3) is 0 Å². The number of carbonyl (C=O) groups is 2. The summed E-state index contributed by atoms with van der Waals surface area (Å²) in [6, 6.07) is 5.06. The van der Waals surface area contributed by atoms with Crippen molar-refractivity contribution in [2.75, 3.05) is 11.9 Å². The molecule has 0 aliphatic heterocycles. The lowest BCUT2D eigenvalue weighted by Crippen LogP contribution is -2.21. The summed E-state index contributed by atoms with van der Waals surface area (Å²) in [4.78, 5) is 23.0. The number of carboxylic acids is 1. The number of benzene rings is 1. The van der Waals surface area contributed by atoms with E-state index in [1.807, 2.05) is 6.92 Å². The Hall–Kier alpha value is -1.75. The Balaban J connectivity index is 1.97. The molecule has 1 fully saturated rings. The van der Waals surface area contributed by atoms with Crippen molar-refractivity contribution in [2.24, 2.45) is 11.8 Å². The third-order valence-electron chi connectivity index (χ3n) is 3.65. The second-order valence-corrected chi connectivity index (χ2v) is 5.52. The smallest absolute Gasteiger partial charge is 0.306 e. The van der Waals surface area contributed by atoms with Gasteiger partial charge in [0, 0.05) is 11.6 Å². The summed E-state index contributed by atoms with van der Waals surface area (Å²) in [6.07, 6.45) is 1.55. The lowest BCUT2D eigenvalue weighted by atomic mass is 10.0. The van der Waals surface area contributed by atoms with E-state index in [-0.39, 0.29) is 11.8 Å². The summed E-state index contributed by atoms with van der Waals surface area (Å²) in [7, 11) is 0. The molecule has 0 radical (unpaired) electrons. The fraction of sp³-hybridized carbons (Fsp3) is 0.467. The van der Waals surface area contributed by atoms with Crippen molar-refractivity contribution in [1.29, 1.82) is 0 Å². The van der Waals surface area contributed by atoms with E-state index >= 15 is 0 Å². The van der Waals surface area contributed by atoms with Gasteiger partial charge in [0.25, 0.3) is 0 Å². The predicted octanol–water partition coefficient (Wildman–Crippen LogP) is 3.18. The number of amides is 1. The Kier molecular flexibility index (Phi) is 5.07. The lowest BCUT2D eigenvalue weighted by Gasteiger charge is -2.12. The van der Waals surface area contributed by atoms with Gasteiger partial charge in [-0.2, -0.15) is 0 Å². The first-order valence-corrected chi connectivity index (χ1v) is 7.35. The van der Waals surface area contributed by atoms with E-state index in [2.05, 4.69) is 5.32 Å². The molecule has 0 spiro atoms. The van der Waals surface area contributed by atoms with Crippen molar-refractivity contribution in [3.63, 3.8) is 0 Å². The fourth-order valence-electron chi connectivity index (χ4n) is 2.54. The summed E-state index contributed by atoms with van der Waals surface area (Å²) >= 11 is 6.06. The Morgan fingerprint density at radius 2 is 2.10 bits per heavy atom. The summed E-state index contributed by atoms with van der Waals surface area (Å²) in [5.74, 6) is -1.07. The second-order valence-electron chi connectivity index (χ2n) is 5.11. The van der Waals surface area contributed by atoms with Crippen LogP contribution in [0.2, 0.25) is 5.02 Å². The monoisotopic (exact) mass is 311 g/mol. The highest BCUT2D eigenvalue weighted by Gasteiger charge is 2.33. The first kappa shape index (κ1) is 15.6. The first-order valence-electron chi connectivity index (χ1n) is 6.97. The van der Waals surface area contributed by atoms with Crippen LogP contribution in [0, 0.1) is 11.8 Å². The van der Waals surface area contributed by atoms with Crippen molar-refractivity contribution >= 4 is 29.2 Å². The number of hydrogen-bond donors (Lipinski definition) is 2. The molecule has 1 aliphatic rings. The molecule has 1 amide bonds. The van der Waals surface area contributed by atoms with Crippen LogP contribution < -0.4 is 10.1 Å². The highest BCUT2D eigenvalue weighted by atomic mass is 35.5. The van der Waals surface area contributed by atoms with Gasteiger partial charge in [0.15, 0.2) is 0 Å². The van der Waals surface area contributed by atoms with Crippen LogP contribution in [-0.2, 0) is 9.59 Å². The topological polar surface area (TPSA) is 75.6 Å². The standard InChI is InChI=1S/C15H18ClNO4/c1-2-21-13-6-5-11(8-12(13)16)17-14(18)9-3-4-10(7-9)15(19)20/h5-6,8-10H,2-4,7H2,1H3,(H,17,18)(H,19,20)/t9-,10+/m1/s1. The molecule has 0 bridgehead atoms. The van der Waals surface area contributed by atoms with Gasteiger partial charge in [0.2, 0.25) is 5.91 Å². The SMILES string of the molecule is CCOc1ccc(NC(=O)[C@@H]2CC[C@H](C(=O)O)C2)cc1Cl. The van der Waals surface area contributed by atoms with Gasteiger partial charge in [-0.1, -0.05) is 11.6 Å². The molecule has 1 aromatic rings. The summed E-state index contributed by atoms with van der Waals surface area (Å²) < 4.78 is 5.33. The van der Waals surface area contributed by atoms with Crippen LogP contribution in [0.15, 0.2) is 18.2 Å². The molecule has 0 aromatic heterocycles. The predicted molar refractivity (Wildman–Crippen MR) is 79.7 cm³/mol. The highest BCUT2D eigenvalue weighted by Crippen LogP contribution is 2.33. The summed E-state index contributed by atoms with van der Waals surface area (Å²) in [6.45, 7) is 2.38. The van der Waals surface area contributed by atoms with E-state index < -0.39 is 11.9 Å². The molecular formula is C15H18ClNO4. The van der Waals surface area contributed by atoms with Gasteiger partial charge in [-0.3, -0.25) is 9.59 Å². The molecule has 0 unspecified atom stereocenters. The minimum atomic E-state index is -0.825. The van der Waals surface area contributed by atoms with Gasteiger partial charge in [-0.25, -0.2) is 0 Å². The number of nitrogens with one attached hydrogen (secondary N) is 1. The maximum atomic E-state index is 12.1. The minimum absolute atomic E-state index is 0.154. The van der Waals surface area contributed by atoms with Gasteiger partial charge in [0.05, 0.1) is 17.5 Å². The molecule has 114 valence electrons. The van der Waals surface area contributed by atoms with Crippen LogP contribution in [0.1, 0.15) is 26.2 Å². The summed E-state index contributed by atoms with van der Waals surface area (Å²) in [5, 5.41) is 12.2. The molecule has 0 saturated heterocycles. The van der Waals surface area contributed by atoms with Crippen LogP contribution in [0.3, 0.4) is 0 Å². The normalized spacial score (nSPS) is 21.0. The first-order chi connectivity index (χ1) is 10.0. The zero-order valence-electron chi connectivity index (χ0n) is 11.8. The van der Waals surface area contributed by atoms with Crippen LogP contribution in [-0.4, -0.2) is 23.6 Å². The maximum absolute atomic E-state index is 12.1. The largest absolute Gasteiger partial charge is 0.492 e. The lowest BCUT2D eigenvalue weighted by molar-refractivity contribution is -0.141. The van der Waals surface area contributed by atoms with Crippen molar-refractivity contribution < 1.29 is 19.4 Å². The average Bonchev–Trinajstić information content (AvgIpc) is 2.92. The Morgan fingerprint density at radius 3 is 2.67 bits per heavy atom. The highest BCUT2D eigenvalue weighted by molar-refractivity contribution is 6.32. The fourth-order valence-corrected chi connectivity index (χ4v) is 2.77. The molecule has 2 atom stereocenters. The van der Waals surface area contributed by atoms with Crippen molar-refractivity contribution in [2.45, 2.75) is 26.2 Å². The number of rotatable bonds is 5. The minimum Gasteiger partial charge on any atom is -0.492 e. The van der Waals surface area contributed by atoms with Crippen LogP contribution in [0.4, 0.5) is 5.69 Å². The Labute approximate surface area is 128 Å². The van der Waals surface area contributed by atoms with Crippen molar-refractivity contribution in [3.8, 4) is 5.75 Å². The van der Waals surface area contributed by atoms with E-state index in [4.69, 9.17) is 21.4 Å². The van der Waals surface area contributed by atoms with Crippen LogP contribution >= 0.6 is 11.6 Å². The van der Waals surface area contributed by atoms with Gasteiger partial charge in [-0.05, 0) is 44.4 Å². The van der Waals surface area contributed by atoms with E-state index in [1.165, 1.54) is 0 Å². The van der Waals surface area contributed by atoms with Gasteiger partial charge in [0.1, 0.15) is 5.75 Å². The van der Waals surface area contributed by atoms with Gasteiger partial charge >= 0.3 is 5.97 Å². The number of ether oxygens (including phenoxy) is 1. The van der Waals surface area contributed by atoms with Crippen molar-refractivity contribution in [3.05, 3.63) is 23.2 Å². The number of aliphatic carboxylic acids is 1. The zero-order chi connectivity index (χ0) is 15.4. The number of anilines is 1. The third-order valence-corrected chi connectivity index (χ3v) is 3.95. The quantitative estimate of drug-likeness (QED) is 0.875. The Bertz CT molecular complexity index is 546. The maximum Gasteiger partial charge on any atom is 0.306 e. The Morgan fingerprint density at radius 1 is 1.38 bits per heavy atom. The molecule has 2 rings (SSSR count). The van der Waals surface area contributed by atoms with E-state index in [9.17, 15) is 9.59 Å². The summed E-state index contributed by atoms with van der Waals surface area (Å²) in [5.41, 5.74) is 0.590. The molecule has 2 N–H and O–H groups in total. The average molecular weight is 312 g/mol. The van der Waals surface area contributed by atoms with E-state index in [0.29, 0.717) is 42.3 Å². The molecule has 21 heavy (non-hydrogen) atoms. The van der Waals surface area contributed by atoms with Crippen LogP contribution in [0.5, 0.6) is 5.75 Å². The van der Waals surface area contributed by atoms with Gasteiger partial charge < -0.3 is 15.2 Å². The molecule has 0 heterocycles. The number of carbonyl (C=O) groups excluding carboxylic acids is 1. The number of halogens is 1. The second kappa shape index (κ2) is 6.80. The number of hydrogen-bond acceptors (Lipinski definition) is 3. The molecular weight excluding hydrogens is 294 g/mol. The molecule has 1 aromatic carbocycles. The van der Waals surface area contributed by atoms with E-state index in [0.717, 1.165) is 0 Å². The zero-order valence-corrected chi connectivity index (χ0v) is 12.5. The molecule has 5 nitrogen and oxygen atoms in total. The molecule has 1 aliphatic carbocycles. The van der Waals surface area contributed by atoms with E-state index in [1.54, 1.807) is 18.2 Å². The van der Waals surface area contributed by atoms with Crippen molar-refractivity contribution in [1.82, 2.24) is 0 Å². The third kappa shape index (κ3) is 3.88.